The van der Waals surface area contributed by atoms with Gasteiger partial charge in [-0.25, -0.2) is 0 Å². The van der Waals surface area contributed by atoms with Crippen molar-refractivity contribution in [3.8, 4) is 0 Å². The molecule has 0 unspecified atom stereocenters. The van der Waals surface area contributed by atoms with Gasteiger partial charge in [-0.1, -0.05) is 18.2 Å². The largest absolute Gasteiger partial charge is 0.357 e. The first-order valence-electron chi connectivity index (χ1n) is 4.74. The maximum atomic E-state index is 3.45. The maximum absolute atomic E-state index is 3.45. The zero-order chi connectivity index (χ0) is 8.67. The second-order valence-corrected chi connectivity index (χ2v) is 3.55. The van der Waals surface area contributed by atoms with Crippen LogP contribution in [0.25, 0.3) is 10.9 Å². The summed E-state index contributed by atoms with van der Waals surface area (Å²) >= 11 is 0. The number of fused-ring (bicyclic) bond motifs is 3. The van der Waals surface area contributed by atoms with E-state index in [0.29, 0.717) is 0 Å². The monoisotopic (exact) mass is 208 g/mol. The third-order valence-electron chi connectivity index (χ3n) is 2.76. The summed E-state index contributed by atoms with van der Waals surface area (Å²) in [4.78, 5) is 3.45. The Labute approximate surface area is 89.1 Å². The minimum atomic E-state index is 0. The van der Waals surface area contributed by atoms with Crippen molar-refractivity contribution in [1.29, 1.82) is 0 Å². The lowest BCUT2D eigenvalue weighted by molar-refractivity contribution is 0.637. The van der Waals surface area contributed by atoms with Gasteiger partial charge in [0.05, 0.1) is 0 Å². The van der Waals surface area contributed by atoms with E-state index >= 15 is 0 Å². The van der Waals surface area contributed by atoms with Gasteiger partial charge >= 0.3 is 0 Å². The van der Waals surface area contributed by atoms with Crippen LogP contribution in [0.3, 0.4) is 0 Å². The fraction of sp³-hybridized carbons (Fsp3) is 0.273. The van der Waals surface area contributed by atoms with Crippen molar-refractivity contribution in [3.63, 3.8) is 0 Å². The molecule has 0 aliphatic carbocycles. The normalized spacial score (nSPS) is 14.9. The summed E-state index contributed by atoms with van der Waals surface area (Å²) in [5, 5.41) is 4.77. The van der Waals surface area contributed by atoms with E-state index < -0.39 is 0 Å². The lowest BCUT2D eigenvalue weighted by atomic mass is 10.1. The number of nitrogens with one attached hydrogen (secondary N) is 2. The van der Waals surface area contributed by atoms with Gasteiger partial charge in [0.15, 0.2) is 0 Å². The van der Waals surface area contributed by atoms with Crippen LogP contribution in [0.15, 0.2) is 24.3 Å². The molecule has 0 bridgehead atoms. The molecule has 0 fully saturated rings. The summed E-state index contributed by atoms with van der Waals surface area (Å²) in [6, 6.07) is 8.54. The Hall–Kier alpha value is -0.990. The molecule has 3 rings (SSSR count). The van der Waals surface area contributed by atoms with Gasteiger partial charge in [-0.15, -0.1) is 12.4 Å². The van der Waals surface area contributed by atoms with Crippen LogP contribution in [0.1, 0.15) is 11.3 Å². The Kier molecular flexibility index (Phi) is 2.48. The standard InChI is InChI=1S/C11H12N2.ClH/c1-2-4-10-8(3-1)9-5-6-12-7-11(9)13-10;/h1-4,12-13H,5-7H2;1H. The number of halogens is 1. The molecule has 1 aromatic heterocycles. The first kappa shape index (κ1) is 9.56. The highest BCUT2D eigenvalue weighted by atomic mass is 35.5. The predicted molar refractivity (Wildman–Crippen MR) is 61.0 cm³/mol. The second-order valence-electron chi connectivity index (χ2n) is 3.55. The van der Waals surface area contributed by atoms with E-state index in [9.17, 15) is 0 Å². The predicted octanol–water partition coefficient (Wildman–Crippen LogP) is 2.24. The summed E-state index contributed by atoms with van der Waals surface area (Å²) < 4.78 is 0. The van der Waals surface area contributed by atoms with Crippen LogP contribution in [0.2, 0.25) is 0 Å². The summed E-state index contributed by atoms with van der Waals surface area (Å²) in [5.74, 6) is 0. The molecule has 2 nitrogen and oxygen atoms in total. The SMILES string of the molecule is Cl.c1ccc2c3c([nH]c2c1)CNCC3. The summed E-state index contributed by atoms with van der Waals surface area (Å²) in [6.45, 7) is 2.10. The van der Waals surface area contributed by atoms with Gasteiger partial charge in [-0.2, -0.15) is 0 Å². The summed E-state index contributed by atoms with van der Waals surface area (Å²) in [5.41, 5.74) is 4.15. The van der Waals surface area contributed by atoms with Gasteiger partial charge in [-0.3, -0.25) is 0 Å². The Bertz CT molecular complexity index is 447. The fourth-order valence-electron chi connectivity index (χ4n) is 2.12. The van der Waals surface area contributed by atoms with Gasteiger partial charge in [0.2, 0.25) is 0 Å². The van der Waals surface area contributed by atoms with Crippen LogP contribution >= 0.6 is 12.4 Å². The van der Waals surface area contributed by atoms with Crippen molar-refractivity contribution < 1.29 is 0 Å². The number of aromatic nitrogens is 1. The van der Waals surface area contributed by atoms with Crippen LogP contribution < -0.4 is 5.32 Å². The first-order chi connectivity index (χ1) is 6.45. The van der Waals surface area contributed by atoms with Crippen molar-refractivity contribution in [3.05, 3.63) is 35.5 Å². The smallest absolute Gasteiger partial charge is 0.0459 e. The van der Waals surface area contributed by atoms with Crippen LogP contribution in [0.5, 0.6) is 0 Å². The maximum Gasteiger partial charge on any atom is 0.0459 e. The zero-order valence-corrected chi connectivity index (χ0v) is 8.66. The molecule has 2 aromatic rings. The summed E-state index contributed by atoms with van der Waals surface area (Å²) in [6.07, 6.45) is 1.15. The molecule has 1 aliphatic heterocycles. The molecule has 3 heteroatoms. The minimum absolute atomic E-state index is 0. The van der Waals surface area contributed by atoms with E-state index in [2.05, 4.69) is 34.6 Å². The van der Waals surface area contributed by atoms with E-state index in [1.54, 1.807) is 0 Å². The Morgan fingerprint density at radius 1 is 1.14 bits per heavy atom. The number of aromatic amines is 1. The van der Waals surface area contributed by atoms with Crippen molar-refractivity contribution in [1.82, 2.24) is 10.3 Å². The molecule has 0 atom stereocenters. The first-order valence-corrected chi connectivity index (χ1v) is 4.74. The molecule has 0 saturated carbocycles. The van der Waals surface area contributed by atoms with Crippen molar-refractivity contribution >= 4 is 23.3 Å². The van der Waals surface area contributed by atoms with Crippen molar-refractivity contribution in [2.24, 2.45) is 0 Å². The molecule has 0 saturated heterocycles. The molecule has 14 heavy (non-hydrogen) atoms. The third kappa shape index (κ3) is 1.31. The van der Waals surface area contributed by atoms with E-state index in [4.69, 9.17) is 0 Å². The van der Waals surface area contributed by atoms with Gasteiger partial charge in [0.1, 0.15) is 0 Å². The van der Waals surface area contributed by atoms with Gasteiger partial charge in [-0.05, 0) is 24.6 Å². The number of hydrogen-bond donors (Lipinski definition) is 2. The number of para-hydroxylation sites is 1. The number of hydrogen-bond acceptors (Lipinski definition) is 1. The van der Waals surface area contributed by atoms with E-state index in [1.165, 1.54) is 22.2 Å². The molecule has 2 N–H and O–H groups in total. The van der Waals surface area contributed by atoms with Crippen molar-refractivity contribution in [2.75, 3.05) is 6.54 Å². The highest BCUT2D eigenvalue weighted by Gasteiger charge is 2.13. The molecule has 0 amide bonds. The minimum Gasteiger partial charge on any atom is -0.357 e. The Morgan fingerprint density at radius 2 is 2.00 bits per heavy atom. The Morgan fingerprint density at radius 3 is 2.93 bits per heavy atom. The molecule has 0 spiro atoms. The highest BCUT2D eigenvalue weighted by molar-refractivity contribution is 5.85. The number of benzene rings is 1. The second kappa shape index (κ2) is 3.64. The lowest BCUT2D eigenvalue weighted by Crippen LogP contribution is -2.22. The van der Waals surface area contributed by atoms with Crippen LogP contribution in [0, 0.1) is 0 Å². The molecule has 1 aromatic carbocycles. The van der Waals surface area contributed by atoms with Gasteiger partial charge in [0, 0.05) is 23.1 Å². The Balaban J connectivity index is 0.000000750. The molecule has 0 radical (unpaired) electrons. The fourth-order valence-corrected chi connectivity index (χ4v) is 2.12. The third-order valence-corrected chi connectivity index (χ3v) is 2.76. The average molecular weight is 209 g/mol. The van der Waals surface area contributed by atoms with Crippen LogP contribution in [0.4, 0.5) is 0 Å². The average Bonchev–Trinajstić information content (AvgIpc) is 2.56. The van der Waals surface area contributed by atoms with E-state index in [-0.39, 0.29) is 12.4 Å². The molecular weight excluding hydrogens is 196 g/mol. The van der Waals surface area contributed by atoms with Crippen molar-refractivity contribution in [2.45, 2.75) is 13.0 Å². The lowest BCUT2D eigenvalue weighted by Gasteiger charge is -2.12. The number of H-pyrrole nitrogens is 1. The van der Waals surface area contributed by atoms with Crippen LogP contribution in [-0.2, 0) is 13.0 Å². The quantitative estimate of drug-likeness (QED) is 0.683. The van der Waals surface area contributed by atoms with Crippen LogP contribution in [-0.4, -0.2) is 11.5 Å². The van der Waals surface area contributed by atoms with E-state index in [0.717, 1.165) is 19.5 Å². The summed E-state index contributed by atoms with van der Waals surface area (Å²) in [7, 11) is 0. The number of rotatable bonds is 0. The molecule has 2 heterocycles. The van der Waals surface area contributed by atoms with Gasteiger partial charge < -0.3 is 10.3 Å². The molecule has 74 valence electrons. The van der Waals surface area contributed by atoms with Gasteiger partial charge in [0.25, 0.3) is 0 Å². The molecular formula is C11H13ClN2. The topological polar surface area (TPSA) is 27.8 Å². The highest BCUT2D eigenvalue weighted by Crippen LogP contribution is 2.24. The zero-order valence-electron chi connectivity index (χ0n) is 7.84. The van der Waals surface area contributed by atoms with E-state index in [1.807, 2.05) is 0 Å². The molecule has 1 aliphatic rings.